The molecule has 0 N–H and O–H groups in total. The van der Waals surface area contributed by atoms with Crippen molar-refractivity contribution in [3.8, 4) is 0 Å². The number of carbonyl (C=O) groups excluding carboxylic acids is 1. The largest absolute Gasteiger partial charge is 0.470 e. The molecule has 0 unspecified atom stereocenters. The number of hydrogen-bond donors (Lipinski definition) is 0. The summed E-state index contributed by atoms with van der Waals surface area (Å²) >= 11 is 0. The van der Waals surface area contributed by atoms with Gasteiger partial charge in [-0.2, -0.15) is 0 Å². The fourth-order valence-corrected chi connectivity index (χ4v) is 0.864. The number of unbranched alkanes of at least 4 members (excludes halogenated alkanes) is 2. The smallest absolute Gasteiger partial charge is 0.305 e. The van der Waals surface area contributed by atoms with Gasteiger partial charge in [0.25, 0.3) is 0 Å². The maximum absolute atomic E-state index is 11.0. The van der Waals surface area contributed by atoms with E-state index in [-0.39, 0.29) is 5.97 Å². The van der Waals surface area contributed by atoms with Gasteiger partial charge in [-0.15, -0.1) is 0 Å². The molecule has 0 bridgehead atoms. The van der Waals surface area contributed by atoms with Crippen molar-refractivity contribution in [2.45, 2.75) is 52.0 Å². The number of ether oxygens (including phenoxy) is 1. The number of rotatable bonds is 5. The van der Waals surface area contributed by atoms with Gasteiger partial charge in [-0.3, -0.25) is 4.79 Å². The molecule has 0 aromatic carbocycles. The molecule has 0 aliphatic carbocycles. The van der Waals surface area contributed by atoms with Crippen LogP contribution in [0.3, 0.4) is 0 Å². The Bertz CT molecular complexity index is 138. The Hall–Kier alpha value is -0.465. The standard InChI is InChI=1S/C9H17BO2/c1-4-5-6-7-8(11)12-9(2,3)10/h4-7H2,1-3H3. The van der Waals surface area contributed by atoms with E-state index in [1.54, 1.807) is 13.8 Å². The Labute approximate surface area is 76.1 Å². The summed E-state index contributed by atoms with van der Waals surface area (Å²) in [4.78, 5) is 11.0. The third kappa shape index (κ3) is 7.64. The van der Waals surface area contributed by atoms with Crippen LogP contribution in [0.4, 0.5) is 0 Å². The summed E-state index contributed by atoms with van der Waals surface area (Å²) in [6, 6.07) is 0. The Morgan fingerprint density at radius 2 is 2.00 bits per heavy atom. The second-order valence-electron chi connectivity index (χ2n) is 3.53. The maximum atomic E-state index is 11.0. The molecule has 0 saturated heterocycles. The molecule has 3 heteroatoms. The molecule has 0 aliphatic rings. The highest BCUT2D eigenvalue weighted by atomic mass is 16.5. The minimum absolute atomic E-state index is 0.198. The predicted octanol–water partition coefficient (Wildman–Crippen LogP) is 2.01. The van der Waals surface area contributed by atoms with Crippen LogP contribution in [-0.4, -0.2) is 19.3 Å². The van der Waals surface area contributed by atoms with Crippen LogP contribution >= 0.6 is 0 Å². The first-order chi connectivity index (χ1) is 5.45. The Morgan fingerprint density at radius 3 is 2.42 bits per heavy atom. The minimum Gasteiger partial charge on any atom is -0.470 e. The molecule has 12 heavy (non-hydrogen) atoms. The van der Waals surface area contributed by atoms with Gasteiger partial charge in [-0.1, -0.05) is 19.8 Å². The highest BCUT2D eigenvalue weighted by Gasteiger charge is 2.14. The Kier molecular flexibility index (Phi) is 5.03. The van der Waals surface area contributed by atoms with Crippen molar-refractivity contribution >= 4 is 13.8 Å². The number of carbonyl (C=O) groups is 1. The summed E-state index contributed by atoms with van der Waals surface area (Å²) in [7, 11) is 5.50. The summed E-state index contributed by atoms with van der Waals surface area (Å²) in [5, 5.41) is 0. The van der Waals surface area contributed by atoms with Gasteiger partial charge in [0.2, 0.25) is 0 Å². The summed E-state index contributed by atoms with van der Waals surface area (Å²) in [6.45, 7) is 5.44. The molecule has 2 nitrogen and oxygen atoms in total. The molecule has 0 aliphatic heterocycles. The van der Waals surface area contributed by atoms with E-state index >= 15 is 0 Å². The van der Waals surface area contributed by atoms with Crippen LogP contribution in [0.15, 0.2) is 0 Å². The molecule has 0 atom stereocenters. The van der Waals surface area contributed by atoms with Crippen LogP contribution in [0.2, 0.25) is 0 Å². The molecule has 0 saturated carbocycles. The van der Waals surface area contributed by atoms with Crippen LogP contribution in [0.25, 0.3) is 0 Å². The van der Waals surface area contributed by atoms with Crippen LogP contribution in [0.5, 0.6) is 0 Å². The molecule has 0 heterocycles. The van der Waals surface area contributed by atoms with Crippen molar-refractivity contribution < 1.29 is 9.53 Å². The van der Waals surface area contributed by atoms with Crippen molar-refractivity contribution in [2.24, 2.45) is 0 Å². The minimum atomic E-state index is -0.830. The van der Waals surface area contributed by atoms with Crippen LogP contribution in [-0.2, 0) is 9.53 Å². The van der Waals surface area contributed by atoms with Crippen molar-refractivity contribution in [3.63, 3.8) is 0 Å². The van der Waals surface area contributed by atoms with E-state index in [9.17, 15) is 4.79 Å². The average molecular weight is 168 g/mol. The maximum Gasteiger partial charge on any atom is 0.305 e. The monoisotopic (exact) mass is 168 g/mol. The Morgan fingerprint density at radius 1 is 1.42 bits per heavy atom. The van der Waals surface area contributed by atoms with Crippen molar-refractivity contribution in [2.75, 3.05) is 0 Å². The molecule has 0 amide bonds. The van der Waals surface area contributed by atoms with Gasteiger partial charge in [0.05, 0.1) is 5.50 Å². The first-order valence-corrected chi connectivity index (χ1v) is 4.46. The van der Waals surface area contributed by atoms with Gasteiger partial charge in [-0.05, 0) is 20.3 Å². The third-order valence-corrected chi connectivity index (χ3v) is 1.36. The number of esters is 1. The summed E-state index contributed by atoms with van der Waals surface area (Å²) < 4.78 is 4.92. The normalized spacial score (nSPS) is 11.2. The van der Waals surface area contributed by atoms with Crippen molar-refractivity contribution in [3.05, 3.63) is 0 Å². The second kappa shape index (κ2) is 5.23. The van der Waals surface area contributed by atoms with E-state index in [2.05, 4.69) is 6.92 Å². The summed E-state index contributed by atoms with van der Waals surface area (Å²) in [5.41, 5.74) is -0.830. The fraction of sp³-hybridized carbons (Fsp3) is 0.889. The fourth-order valence-electron chi connectivity index (χ4n) is 0.864. The van der Waals surface area contributed by atoms with E-state index in [0.29, 0.717) is 6.42 Å². The van der Waals surface area contributed by atoms with Gasteiger partial charge < -0.3 is 4.74 Å². The van der Waals surface area contributed by atoms with E-state index in [0.717, 1.165) is 19.3 Å². The molecule has 0 rings (SSSR count). The first-order valence-electron chi connectivity index (χ1n) is 4.46. The average Bonchev–Trinajstić information content (AvgIpc) is 1.84. The van der Waals surface area contributed by atoms with Crippen molar-refractivity contribution in [1.82, 2.24) is 0 Å². The molecular formula is C9H17BO2. The zero-order chi connectivity index (χ0) is 9.61. The first kappa shape index (κ1) is 11.5. The lowest BCUT2D eigenvalue weighted by molar-refractivity contribution is -0.150. The predicted molar refractivity (Wildman–Crippen MR) is 50.1 cm³/mol. The van der Waals surface area contributed by atoms with Crippen LogP contribution in [0.1, 0.15) is 46.5 Å². The van der Waals surface area contributed by atoms with Gasteiger partial charge >= 0.3 is 5.97 Å². The molecule has 0 spiro atoms. The van der Waals surface area contributed by atoms with Crippen LogP contribution < -0.4 is 0 Å². The lowest BCUT2D eigenvalue weighted by Gasteiger charge is -2.19. The zero-order valence-electron chi connectivity index (χ0n) is 8.22. The zero-order valence-corrected chi connectivity index (χ0v) is 8.22. The SMILES string of the molecule is [B]C(C)(C)OC(=O)CCCCC. The lowest BCUT2D eigenvalue weighted by atomic mass is 9.86. The Balaban J connectivity index is 3.47. The molecule has 2 radical (unpaired) electrons. The molecule has 68 valence electrons. The van der Waals surface area contributed by atoms with E-state index in [1.807, 2.05) is 0 Å². The second-order valence-corrected chi connectivity index (χ2v) is 3.53. The lowest BCUT2D eigenvalue weighted by Crippen LogP contribution is -2.27. The summed E-state index contributed by atoms with van der Waals surface area (Å²) in [5.74, 6) is -0.198. The highest BCUT2D eigenvalue weighted by Crippen LogP contribution is 2.07. The molecule has 0 aromatic heterocycles. The van der Waals surface area contributed by atoms with Gasteiger partial charge in [0.1, 0.15) is 7.85 Å². The number of hydrogen-bond acceptors (Lipinski definition) is 2. The third-order valence-electron chi connectivity index (χ3n) is 1.36. The van der Waals surface area contributed by atoms with Crippen molar-refractivity contribution in [1.29, 1.82) is 0 Å². The summed E-state index contributed by atoms with van der Waals surface area (Å²) in [6.07, 6.45) is 3.55. The van der Waals surface area contributed by atoms with E-state index in [1.165, 1.54) is 0 Å². The van der Waals surface area contributed by atoms with E-state index < -0.39 is 5.50 Å². The molecule has 0 fully saturated rings. The molecule has 0 aromatic rings. The highest BCUT2D eigenvalue weighted by molar-refractivity contribution is 6.14. The quantitative estimate of drug-likeness (QED) is 0.356. The van der Waals surface area contributed by atoms with Gasteiger partial charge in [0.15, 0.2) is 0 Å². The topological polar surface area (TPSA) is 26.3 Å². The molecular weight excluding hydrogens is 151 g/mol. The van der Waals surface area contributed by atoms with Gasteiger partial charge in [-0.25, -0.2) is 0 Å². The van der Waals surface area contributed by atoms with Gasteiger partial charge in [0, 0.05) is 6.42 Å². The van der Waals surface area contributed by atoms with E-state index in [4.69, 9.17) is 12.6 Å². The van der Waals surface area contributed by atoms with Crippen LogP contribution in [0, 0.1) is 0 Å².